The van der Waals surface area contributed by atoms with Gasteiger partial charge in [-0.2, -0.15) is 0 Å². The second-order valence-electron chi connectivity index (χ2n) is 3.44. The quantitative estimate of drug-likeness (QED) is 0.795. The molecule has 0 aliphatic rings. The summed E-state index contributed by atoms with van der Waals surface area (Å²) in [6.07, 6.45) is -2.75. The van der Waals surface area contributed by atoms with Gasteiger partial charge in [0.15, 0.2) is 0 Å². The van der Waals surface area contributed by atoms with Crippen LogP contribution in [-0.2, 0) is 5.60 Å². The van der Waals surface area contributed by atoms with Gasteiger partial charge < -0.3 is 5.11 Å². The maximum atomic E-state index is 12.6. The fraction of sp³-hybridized carbons (Fsp3) is 0.455. The van der Waals surface area contributed by atoms with Crippen molar-refractivity contribution in [3.05, 3.63) is 35.4 Å². The molecule has 3 heteroatoms. The molecule has 0 amide bonds. The van der Waals surface area contributed by atoms with Crippen LogP contribution in [0, 0.1) is 6.92 Å². The number of hydrogen-bond donors (Lipinski definition) is 1. The predicted octanol–water partition coefficient (Wildman–Crippen LogP) is 2.86. The number of alkyl halides is 2. The Hall–Kier alpha value is -0.960. The molecule has 0 bridgehead atoms. The van der Waals surface area contributed by atoms with Gasteiger partial charge in [-0.15, -0.1) is 0 Å². The molecule has 14 heavy (non-hydrogen) atoms. The standard InChI is InChI=1S/C11H14F2O/c1-3-11(14,10(12)13)9-6-4-8(2)5-7-9/h4-7,10,14H,3H2,1-2H3. The lowest BCUT2D eigenvalue weighted by molar-refractivity contribution is -0.104. The number of rotatable bonds is 3. The first-order chi connectivity index (χ1) is 6.50. The number of benzene rings is 1. The zero-order chi connectivity index (χ0) is 10.8. The molecule has 0 aliphatic heterocycles. The van der Waals surface area contributed by atoms with Crippen molar-refractivity contribution in [3.63, 3.8) is 0 Å². The van der Waals surface area contributed by atoms with Crippen molar-refractivity contribution < 1.29 is 13.9 Å². The predicted molar refractivity (Wildman–Crippen MR) is 51.4 cm³/mol. The lowest BCUT2D eigenvalue weighted by Gasteiger charge is -2.26. The van der Waals surface area contributed by atoms with Gasteiger partial charge in [0.2, 0.25) is 0 Å². The van der Waals surface area contributed by atoms with E-state index in [0.717, 1.165) is 5.56 Å². The monoisotopic (exact) mass is 200 g/mol. The van der Waals surface area contributed by atoms with Crippen LogP contribution in [0.5, 0.6) is 0 Å². The van der Waals surface area contributed by atoms with E-state index in [0.29, 0.717) is 0 Å². The van der Waals surface area contributed by atoms with Gasteiger partial charge in [-0.1, -0.05) is 36.8 Å². The van der Waals surface area contributed by atoms with Crippen LogP contribution in [0.1, 0.15) is 24.5 Å². The van der Waals surface area contributed by atoms with E-state index in [4.69, 9.17) is 0 Å². The highest BCUT2D eigenvalue weighted by Gasteiger charge is 2.37. The Labute approximate surface area is 82.4 Å². The average molecular weight is 200 g/mol. The van der Waals surface area contributed by atoms with Crippen LogP contribution in [0.15, 0.2) is 24.3 Å². The summed E-state index contributed by atoms with van der Waals surface area (Å²) in [5.74, 6) is 0. The zero-order valence-electron chi connectivity index (χ0n) is 8.30. The van der Waals surface area contributed by atoms with Crippen molar-refractivity contribution in [2.24, 2.45) is 0 Å². The molecule has 0 radical (unpaired) electrons. The largest absolute Gasteiger partial charge is 0.379 e. The van der Waals surface area contributed by atoms with Crippen molar-refractivity contribution in [2.75, 3.05) is 0 Å². The Morgan fingerprint density at radius 3 is 2.14 bits per heavy atom. The molecule has 1 aromatic rings. The Morgan fingerprint density at radius 2 is 1.79 bits per heavy atom. The molecule has 0 fully saturated rings. The topological polar surface area (TPSA) is 20.2 Å². The lowest BCUT2D eigenvalue weighted by atomic mass is 9.91. The van der Waals surface area contributed by atoms with E-state index < -0.39 is 12.0 Å². The van der Waals surface area contributed by atoms with Crippen LogP contribution in [0.4, 0.5) is 8.78 Å². The summed E-state index contributed by atoms with van der Waals surface area (Å²) in [6, 6.07) is 6.53. The van der Waals surface area contributed by atoms with Gasteiger partial charge in [0.05, 0.1) is 0 Å². The summed E-state index contributed by atoms with van der Waals surface area (Å²) < 4.78 is 25.2. The van der Waals surface area contributed by atoms with Gasteiger partial charge in [-0.25, -0.2) is 8.78 Å². The first kappa shape index (κ1) is 11.1. The molecular formula is C11H14F2O. The number of aliphatic hydroxyl groups is 1. The maximum absolute atomic E-state index is 12.6. The Bertz CT molecular complexity index is 295. The number of hydrogen-bond acceptors (Lipinski definition) is 1. The molecule has 0 aliphatic carbocycles. The molecule has 0 saturated carbocycles. The van der Waals surface area contributed by atoms with Crippen molar-refractivity contribution in [1.29, 1.82) is 0 Å². The molecule has 1 atom stereocenters. The van der Waals surface area contributed by atoms with Gasteiger partial charge in [0, 0.05) is 0 Å². The van der Waals surface area contributed by atoms with E-state index in [2.05, 4.69) is 0 Å². The fourth-order valence-corrected chi connectivity index (χ4v) is 1.33. The van der Waals surface area contributed by atoms with E-state index in [1.54, 1.807) is 31.2 Å². The normalized spacial score (nSPS) is 15.6. The summed E-state index contributed by atoms with van der Waals surface area (Å²) >= 11 is 0. The molecule has 1 rings (SSSR count). The summed E-state index contributed by atoms with van der Waals surface area (Å²) in [4.78, 5) is 0. The zero-order valence-corrected chi connectivity index (χ0v) is 8.30. The molecule has 78 valence electrons. The van der Waals surface area contributed by atoms with Gasteiger partial charge in [-0.3, -0.25) is 0 Å². The minimum Gasteiger partial charge on any atom is -0.379 e. The van der Waals surface area contributed by atoms with Crippen molar-refractivity contribution in [3.8, 4) is 0 Å². The van der Waals surface area contributed by atoms with Crippen molar-refractivity contribution in [1.82, 2.24) is 0 Å². The molecule has 0 saturated heterocycles. The number of halogens is 2. The fourth-order valence-electron chi connectivity index (χ4n) is 1.33. The van der Waals surface area contributed by atoms with E-state index in [1.165, 1.54) is 0 Å². The Morgan fingerprint density at radius 1 is 1.29 bits per heavy atom. The molecule has 1 aromatic carbocycles. The van der Waals surface area contributed by atoms with Gasteiger partial charge in [0.25, 0.3) is 6.43 Å². The molecule has 1 unspecified atom stereocenters. The van der Waals surface area contributed by atoms with Crippen molar-refractivity contribution in [2.45, 2.75) is 32.3 Å². The van der Waals surface area contributed by atoms with Crippen LogP contribution in [-0.4, -0.2) is 11.5 Å². The van der Waals surface area contributed by atoms with Crippen LogP contribution in [0.2, 0.25) is 0 Å². The Balaban J connectivity index is 3.06. The molecule has 0 spiro atoms. The number of aryl methyl sites for hydroxylation is 1. The highest BCUT2D eigenvalue weighted by Crippen LogP contribution is 2.31. The summed E-state index contributed by atoms with van der Waals surface area (Å²) in [6.45, 7) is 3.42. The molecule has 0 aromatic heterocycles. The smallest absolute Gasteiger partial charge is 0.270 e. The molecule has 0 heterocycles. The van der Waals surface area contributed by atoms with Gasteiger partial charge >= 0.3 is 0 Å². The van der Waals surface area contributed by atoms with E-state index in [-0.39, 0.29) is 12.0 Å². The molecular weight excluding hydrogens is 186 g/mol. The third kappa shape index (κ3) is 1.93. The van der Waals surface area contributed by atoms with Gasteiger partial charge in [-0.05, 0) is 18.9 Å². The summed E-state index contributed by atoms with van der Waals surface area (Å²) in [5.41, 5.74) is -0.740. The first-order valence-corrected chi connectivity index (χ1v) is 4.58. The summed E-state index contributed by atoms with van der Waals surface area (Å²) in [5, 5.41) is 9.71. The second-order valence-corrected chi connectivity index (χ2v) is 3.44. The Kier molecular flexibility index (Phi) is 3.21. The highest BCUT2D eigenvalue weighted by atomic mass is 19.3. The van der Waals surface area contributed by atoms with Crippen LogP contribution in [0.3, 0.4) is 0 Å². The van der Waals surface area contributed by atoms with Crippen molar-refractivity contribution >= 4 is 0 Å². The third-order valence-electron chi connectivity index (χ3n) is 2.45. The van der Waals surface area contributed by atoms with Crippen LogP contribution >= 0.6 is 0 Å². The van der Waals surface area contributed by atoms with E-state index in [9.17, 15) is 13.9 Å². The van der Waals surface area contributed by atoms with Gasteiger partial charge in [0.1, 0.15) is 5.60 Å². The third-order valence-corrected chi connectivity index (χ3v) is 2.45. The average Bonchev–Trinajstić information content (AvgIpc) is 2.17. The first-order valence-electron chi connectivity index (χ1n) is 4.58. The second kappa shape index (κ2) is 4.05. The minimum absolute atomic E-state index is 0.00767. The maximum Gasteiger partial charge on any atom is 0.270 e. The SMILES string of the molecule is CCC(O)(c1ccc(C)cc1)C(F)F. The van der Waals surface area contributed by atoms with Crippen LogP contribution in [0.25, 0.3) is 0 Å². The highest BCUT2D eigenvalue weighted by molar-refractivity contribution is 5.27. The van der Waals surface area contributed by atoms with E-state index in [1.807, 2.05) is 6.92 Å². The van der Waals surface area contributed by atoms with E-state index >= 15 is 0 Å². The molecule has 1 N–H and O–H groups in total. The molecule has 1 nitrogen and oxygen atoms in total. The summed E-state index contributed by atoms with van der Waals surface area (Å²) in [7, 11) is 0. The van der Waals surface area contributed by atoms with Crippen LogP contribution < -0.4 is 0 Å². The minimum atomic E-state index is -2.75. The lowest BCUT2D eigenvalue weighted by Crippen LogP contribution is -2.33.